The average Bonchev–Trinajstić information content (AvgIpc) is 2.51. The summed E-state index contributed by atoms with van der Waals surface area (Å²) in [6, 6.07) is 5.61. The second-order valence-corrected chi connectivity index (χ2v) is 6.81. The van der Waals surface area contributed by atoms with E-state index in [0.717, 1.165) is 31.4 Å². The lowest BCUT2D eigenvalue weighted by Crippen LogP contribution is -2.62. The molecule has 0 atom stereocenters. The Morgan fingerprint density at radius 3 is 2.74 bits per heavy atom. The maximum absolute atomic E-state index is 12.9. The van der Waals surface area contributed by atoms with Gasteiger partial charge in [-0.1, -0.05) is 11.6 Å². The lowest BCUT2D eigenvalue weighted by molar-refractivity contribution is -0.120. The molecule has 1 aliphatic carbocycles. The van der Waals surface area contributed by atoms with Gasteiger partial charge in [0, 0.05) is 30.2 Å². The summed E-state index contributed by atoms with van der Waals surface area (Å²) in [5.74, 6) is 0.0349. The second-order valence-electron chi connectivity index (χ2n) is 6.37. The minimum atomic E-state index is -0.359. The number of carbonyl (C=O) groups excluding carboxylic acids is 2. The minimum Gasteiger partial charge on any atom is -0.362 e. The molecule has 0 saturated heterocycles. The van der Waals surface area contributed by atoms with Gasteiger partial charge in [-0.25, -0.2) is 0 Å². The number of anilines is 1. The van der Waals surface area contributed by atoms with Gasteiger partial charge in [-0.15, -0.1) is 0 Å². The van der Waals surface area contributed by atoms with Crippen molar-refractivity contribution in [3.63, 3.8) is 0 Å². The van der Waals surface area contributed by atoms with Crippen LogP contribution in [0.3, 0.4) is 0 Å². The van der Waals surface area contributed by atoms with Crippen LogP contribution in [-0.2, 0) is 4.79 Å². The van der Waals surface area contributed by atoms with Crippen molar-refractivity contribution in [3.8, 4) is 0 Å². The molecule has 1 aliphatic heterocycles. The lowest BCUT2D eigenvalue weighted by Gasteiger charge is -2.51. The largest absolute Gasteiger partial charge is 0.362 e. The van der Waals surface area contributed by atoms with Crippen molar-refractivity contribution in [1.29, 1.82) is 0 Å². The zero-order chi connectivity index (χ0) is 16.6. The molecule has 0 radical (unpaired) electrons. The monoisotopic (exact) mass is 335 g/mol. The van der Waals surface area contributed by atoms with Crippen molar-refractivity contribution in [3.05, 3.63) is 28.8 Å². The zero-order valence-electron chi connectivity index (χ0n) is 13.5. The molecule has 2 amide bonds. The van der Waals surface area contributed by atoms with E-state index in [4.69, 9.17) is 11.6 Å². The van der Waals surface area contributed by atoms with E-state index in [2.05, 4.69) is 10.6 Å². The van der Waals surface area contributed by atoms with Gasteiger partial charge >= 0.3 is 0 Å². The molecule has 0 unspecified atom stereocenters. The Labute approximate surface area is 141 Å². The van der Waals surface area contributed by atoms with E-state index in [9.17, 15) is 9.59 Å². The maximum Gasteiger partial charge on any atom is 0.257 e. The molecule has 0 aromatic heterocycles. The fourth-order valence-electron chi connectivity index (χ4n) is 3.83. The molecule has 1 fully saturated rings. The molecule has 2 N–H and O–H groups in total. The topological polar surface area (TPSA) is 61.4 Å². The van der Waals surface area contributed by atoms with Gasteiger partial charge in [0.2, 0.25) is 5.91 Å². The van der Waals surface area contributed by atoms with Crippen molar-refractivity contribution < 1.29 is 9.59 Å². The van der Waals surface area contributed by atoms with Gasteiger partial charge in [0.1, 0.15) is 5.66 Å². The number of nitrogens with zero attached hydrogens (tertiary/aromatic N) is 1. The van der Waals surface area contributed by atoms with Gasteiger partial charge in [-0.2, -0.15) is 0 Å². The highest BCUT2D eigenvalue weighted by atomic mass is 35.5. The Bertz CT molecular complexity index is 639. The van der Waals surface area contributed by atoms with Gasteiger partial charge < -0.3 is 15.5 Å². The summed E-state index contributed by atoms with van der Waals surface area (Å²) in [4.78, 5) is 26.0. The van der Waals surface area contributed by atoms with Crippen molar-refractivity contribution in [2.45, 2.75) is 51.2 Å². The molecule has 1 spiro atoms. The van der Waals surface area contributed by atoms with E-state index in [1.807, 2.05) is 17.9 Å². The second kappa shape index (κ2) is 6.04. The molecule has 1 heterocycles. The van der Waals surface area contributed by atoms with Gasteiger partial charge in [-0.3, -0.25) is 9.59 Å². The summed E-state index contributed by atoms with van der Waals surface area (Å²) in [7, 11) is 0. The van der Waals surface area contributed by atoms with Crippen LogP contribution in [0.4, 0.5) is 5.69 Å². The van der Waals surface area contributed by atoms with Crippen LogP contribution >= 0.6 is 11.6 Å². The van der Waals surface area contributed by atoms with Gasteiger partial charge in [0.25, 0.3) is 5.91 Å². The van der Waals surface area contributed by atoms with E-state index in [1.165, 1.54) is 0 Å². The standard InChI is InChI=1S/C17H22ClN3O2/c1-3-21-16(23)14-10-12(18)4-5-15(14)20-17(21)8-6-13(7-9-17)19-11(2)22/h4-5,10,13,20H,3,6-9H2,1-2H3,(H,19,22). The highest BCUT2D eigenvalue weighted by molar-refractivity contribution is 6.31. The van der Waals surface area contributed by atoms with E-state index in [0.29, 0.717) is 17.1 Å². The van der Waals surface area contributed by atoms with Crippen LogP contribution < -0.4 is 10.6 Å². The SMILES string of the molecule is CCN1C(=O)c2cc(Cl)ccc2NC12CCC(NC(C)=O)CC2. The summed E-state index contributed by atoms with van der Waals surface area (Å²) in [5.41, 5.74) is 1.12. The first-order chi connectivity index (χ1) is 10.9. The molecule has 2 aliphatic rings. The Morgan fingerprint density at radius 2 is 2.13 bits per heavy atom. The highest BCUT2D eigenvalue weighted by Crippen LogP contribution is 2.40. The van der Waals surface area contributed by atoms with Gasteiger partial charge in [0.05, 0.1) is 5.56 Å². The smallest absolute Gasteiger partial charge is 0.257 e. The van der Waals surface area contributed by atoms with Crippen molar-refractivity contribution in [1.82, 2.24) is 10.2 Å². The number of benzene rings is 1. The van der Waals surface area contributed by atoms with Crippen LogP contribution in [0.1, 0.15) is 49.9 Å². The summed E-state index contributed by atoms with van der Waals surface area (Å²) < 4.78 is 0. The van der Waals surface area contributed by atoms with Crippen LogP contribution in [0, 0.1) is 0 Å². The number of hydrogen-bond acceptors (Lipinski definition) is 3. The molecular formula is C17H22ClN3O2. The van der Waals surface area contributed by atoms with Crippen LogP contribution in [0.2, 0.25) is 5.02 Å². The minimum absolute atomic E-state index is 0.00552. The predicted molar refractivity (Wildman–Crippen MR) is 90.6 cm³/mol. The number of hydrogen-bond donors (Lipinski definition) is 2. The summed E-state index contributed by atoms with van der Waals surface area (Å²) in [6.45, 7) is 4.18. The number of nitrogens with one attached hydrogen (secondary N) is 2. The van der Waals surface area contributed by atoms with Crippen molar-refractivity contribution in [2.24, 2.45) is 0 Å². The first-order valence-corrected chi connectivity index (χ1v) is 8.50. The summed E-state index contributed by atoms with van der Waals surface area (Å²) in [6.07, 6.45) is 3.36. The Morgan fingerprint density at radius 1 is 1.43 bits per heavy atom. The quantitative estimate of drug-likeness (QED) is 0.873. The molecule has 1 aromatic carbocycles. The third-order valence-corrected chi connectivity index (χ3v) is 5.11. The fraction of sp³-hybridized carbons (Fsp3) is 0.529. The Kier molecular flexibility index (Phi) is 4.23. The first-order valence-electron chi connectivity index (χ1n) is 8.12. The zero-order valence-corrected chi connectivity index (χ0v) is 14.2. The number of halogens is 1. The van der Waals surface area contributed by atoms with Crippen molar-refractivity contribution >= 4 is 29.1 Å². The molecule has 124 valence electrons. The molecule has 0 bridgehead atoms. The van der Waals surface area contributed by atoms with Crippen molar-refractivity contribution in [2.75, 3.05) is 11.9 Å². The number of amides is 2. The fourth-order valence-corrected chi connectivity index (χ4v) is 4.00. The number of carbonyl (C=O) groups is 2. The maximum atomic E-state index is 12.9. The average molecular weight is 336 g/mol. The third kappa shape index (κ3) is 2.90. The van der Waals surface area contributed by atoms with E-state index in [1.54, 1.807) is 19.1 Å². The molecule has 3 rings (SSSR count). The normalized spacial score (nSPS) is 26.7. The van der Waals surface area contributed by atoms with Crippen LogP contribution in [0.25, 0.3) is 0 Å². The lowest BCUT2D eigenvalue weighted by atomic mass is 9.82. The van der Waals surface area contributed by atoms with E-state index in [-0.39, 0.29) is 23.5 Å². The highest BCUT2D eigenvalue weighted by Gasteiger charge is 2.46. The molecule has 6 heteroatoms. The summed E-state index contributed by atoms with van der Waals surface area (Å²) >= 11 is 6.04. The molecular weight excluding hydrogens is 314 g/mol. The molecule has 1 aromatic rings. The van der Waals surface area contributed by atoms with E-state index < -0.39 is 0 Å². The van der Waals surface area contributed by atoms with Crippen LogP contribution in [-0.4, -0.2) is 35.0 Å². The van der Waals surface area contributed by atoms with Crippen LogP contribution in [0.15, 0.2) is 18.2 Å². The van der Waals surface area contributed by atoms with Crippen LogP contribution in [0.5, 0.6) is 0 Å². The third-order valence-electron chi connectivity index (χ3n) is 4.88. The Hall–Kier alpha value is -1.75. The first kappa shape index (κ1) is 16.1. The molecule has 1 saturated carbocycles. The predicted octanol–water partition coefficient (Wildman–Crippen LogP) is 3.00. The van der Waals surface area contributed by atoms with Gasteiger partial charge in [-0.05, 0) is 50.8 Å². The van der Waals surface area contributed by atoms with Gasteiger partial charge in [0.15, 0.2) is 0 Å². The van der Waals surface area contributed by atoms with E-state index >= 15 is 0 Å². The molecule has 5 nitrogen and oxygen atoms in total. The number of rotatable bonds is 2. The molecule has 23 heavy (non-hydrogen) atoms. The summed E-state index contributed by atoms with van der Waals surface area (Å²) in [5, 5.41) is 7.14. The number of fused-ring (bicyclic) bond motifs is 1. The Balaban J connectivity index is 1.87.